The molecule has 1 heteroatoms. The summed E-state index contributed by atoms with van der Waals surface area (Å²) in [7, 11) is 0. The van der Waals surface area contributed by atoms with Crippen molar-refractivity contribution < 1.29 is 4.74 Å². The van der Waals surface area contributed by atoms with Crippen LogP contribution in [0, 0.1) is 0 Å². The van der Waals surface area contributed by atoms with Crippen LogP contribution in [0.3, 0.4) is 0 Å². The van der Waals surface area contributed by atoms with Gasteiger partial charge in [-0.05, 0) is 57.2 Å². The Kier molecular flexibility index (Phi) is 3.76. The molecule has 0 unspecified atom stereocenters. The highest BCUT2D eigenvalue weighted by Gasteiger charge is 2.16. The second kappa shape index (κ2) is 5.12. The first-order valence-corrected chi connectivity index (χ1v) is 6.83. The predicted molar refractivity (Wildman–Crippen MR) is 72.6 cm³/mol. The van der Waals surface area contributed by atoms with E-state index in [4.69, 9.17) is 4.74 Å². The summed E-state index contributed by atoms with van der Waals surface area (Å²) in [5.41, 5.74) is 1.39. The first kappa shape index (κ1) is 12.5. The van der Waals surface area contributed by atoms with Crippen molar-refractivity contribution in [1.29, 1.82) is 0 Å². The van der Waals surface area contributed by atoms with Crippen molar-refractivity contribution in [3.8, 4) is 5.75 Å². The molecule has 94 valence electrons. The Morgan fingerprint density at radius 3 is 2.06 bits per heavy atom. The average molecular weight is 232 g/mol. The Hall–Kier alpha value is -0.980. The largest absolute Gasteiger partial charge is 0.488 e. The van der Waals surface area contributed by atoms with Gasteiger partial charge in [-0.15, -0.1) is 0 Å². The fourth-order valence-electron chi connectivity index (χ4n) is 2.60. The molecule has 0 aromatic heterocycles. The summed E-state index contributed by atoms with van der Waals surface area (Å²) < 4.78 is 5.84. The summed E-state index contributed by atoms with van der Waals surface area (Å²) >= 11 is 0. The molecule has 1 aliphatic rings. The van der Waals surface area contributed by atoms with Gasteiger partial charge in [0.15, 0.2) is 0 Å². The SMILES string of the molecule is CC(C)(C)Oc1ccc(C2CCCCC2)cc1. The minimum absolute atomic E-state index is 0.105. The first-order chi connectivity index (χ1) is 8.04. The van der Waals surface area contributed by atoms with Gasteiger partial charge in [0.1, 0.15) is 11.4 Å². The Morgan fingerprint density at radius 2 is 1.53 bits per heavy atom. The summed E-state index contributed by atoms with van der Waals surface area (Å²) in [6.07, 6.45) is 6.93. The number of hydrogen-bond donors (Lipinski definition) is 0. The number of benzene rings is 1. The summed E-state index contributed by atoms with van der Waals surface area (Å²) in [6.45, 7) is 6.26. The molecule has 1 aromatic carbocycles. The lowest BCUT2D eigenvalue weighted by Crippen LogP contribution is -2.22. The van der Waals surface area contributed by atoms with Crippen LogP contribution in [-0.4, -0.2) is 5.60 Å². The molecular weight excluding hydrogens is 208 g/mol. The van der Waals surface area contributed by atoms with Crippen LogP contribution in [0.15, 0.2) is 24.3 Å². The number of hydrogen-bond acceptors (Lipinski definition) is 1. The van der Waals surface area contributed by atoms with Crippen LogP contribution >= 0.6 is 0 Å². The van der Waals surface area contributed by atoms with E-state index in [1.165, 1.54) is 37.7 Å². The Bertz CT molecular complexity index is 339. The lowest BCUT2D eigenvalue weighted by atomic mass is 9.84. The van der Waals surface area contributed by atoms with Crippen LogP contribution < -0.4 is 4.74 Å². The van der Waals surface area contributed by atoms with E-state index in [-0.39, 0.29) is 5.60 Å². The standard InChI is InChI=1S/C16H24O/c1-16(2,3)17-15-11-9-14(10-12-15)13-7-5-4-6-8-13/h9-13H,4-8H2,1-3H3. The third kappa shape index (κ3) is 3.76. The summed E-state index contributed by atoms with van der Waals surface area (Å²) in [4.78, 5) is 0. The van der Waals surface area contributed by atoms with Crippen LogP contribution in [0.4, 0.5) is 0 Å². The van der Waals surface area contributed by atoms with Crippen LogP contribution in [0.1, 0.15) is 64.4 Å². The van der Waals surface area contributed by atoms with Gasteiger partial charge in [0.05, 0.1) is 0 Å². The van der Waals surface area contributed by atoms with Crippen molar-refractivity contribution >= 4 is 0 Å². The van der Waals surface area contributed by atoms with Gasteiger partial charge in [-0.25, -0.2) is 0 Å². The van der Waals surface area contributed by atoms with Crippen LogP contribution in [0.5, 0.6) is 5.75 Å². The molecule has 0 atom stereocenters. The molecular formula is C16H24O. The van der Waals surface area contributed by atoms with Gasteiger partial charge in [-0.1, -0.05) is 31.4 Å². The molecule has 1 fully saturated rings. The molecule has 0 bridgehead atoms. The zero-order valence-corrected chi connectivity index (χ0v) is 11.3. The van der Waals surface area contributed by atoms with Crippen molar-refractivity contribution in [2.24, 2.45) is 0 Å². The van der Waals surface area contributed by atoms with Crippen LogP contribution in [0.25, 0.3) is 0 Å². The molecule has 2 rings (SSSR count). The topological polar surface area (TPSA) is 9.23 Å². The number of ether oxygens (including phenoxy) is 1. The smallest absolute Gasteiger partial charge is 0.120 e. The molecule has 1 nitrogen and oxygen atoms in total. The van der Waals surface area contributed by atoms with Crippen molar-refractivity contribution in [3.05, 3.63) is 29.8 Å². The monoisotopic (exact) mass is 232 g/mol. The summed E-state index contributed by atoms with van der Waals surface area (Å²) in [6, 6.07) is 8.73. The fourth-order valence-corrected chi connectivity index (χ4v) is 2.60. The second-order valence-electron chi connectivity index (χ2n) is 6.12. The molecule has 0 radical (unpaired) electrons. The molecule has 0 aliphatic heterocycles. The van der Waals surface area contributed by atoms with Crippen molar-refractivity contribution in [3.63, 3.8) is 0 Å². The molecule has 0 heterocycles. The normalized spacial score (nSPS) is 18.1. The Balaban J connectivity index is 2.02. The van der Waals surface area contributed by atoms with Gasteiger partial charge in [-0.3, -0.25) is 0 Å². The van der Waals surface area contributed by atoms with Gasteiger partial charge in [-0.2, -0.15) is 0 Å². The van der Waals surface area contributed by atoms with Crippen LogP contribution in [-0.2, 0) is 0 Å². The maximum absolute atomic E-state index is 5.84. The Morgan fingerprint density at radius 1 is 0.941 bits per heavy atom. The molecule has 0 saturated heterocycles. The second-order valence-corrected chi connectivity index (χ2v) is 6.12. The fraction of sp³-hybridized carbons (Fsp3) is 0.625. The van der Waals surface area contributed by atoms with E-state index in [0.29, 0.717) is 0 Å². The third-order valence-electron chi connectivity index (χ3n) is 3.38. The van der Waals surface area contributed by atoms with E-state index in [9.17, 15) is 0 Å². The van der Waals surface area contributed by atoms with E-state index >= 15 is 0 Å². The zero-order valence-electron chi connectivity index (χ0n) is 11.3. The van der Waals surface area contributed by atoms with E-state index < -0.39 is 0 Å². The predicted octanol–water partition coefficient (Wildman–Crippen LogP) is 4.91. The lowest BCUT2D eigenvalue weighted by molar-refractivity contribution is 0.131. The van der Waals surface area contributed by atoms with Crippen molar-refractivity contribution in [2.45, 2.75) is 64.4 Å². The van der Waals surface area contributed by atoms with Crippen LogP contribution in [0.2, 0.25) is 0 Å². The highest BCUT2D eigenvalue weighted by Crippen LogP contribution is 2.33. The number of rotatable bonds is 2. The van der Waals surface area contributed by atoms with E-state index in [1.807, 2.05) is 0 Å². The minimum atomic E-state index is -0.105. The van der Waals surface area contributed by atoms with E-state index in [0.717, 1.165) is 11.7 Å². The molecule has 17 heavy (non-hydrogen) atoms. The zero-order chi connectivity index (χ0) is 12.3. The molecule has 0 amide bonds. The van der Waals surface area contributed by atoms with Gasteiger partial charge < -0.3 is 4.74 Å². The van der Waals surface area contributed by atoms with Crippen molar-refractivity contribution in [1.82, 2.24) is 0 Å². The average Bonchev–Trinajstić information content (AvgIpc) is 2.29. The molecule has 0 spiro atoms. The quantitative estimate of drug-likeness (QED) is 0.704. The molecule has 1 aliphatic carbocycles. The minimum Gasteiger partial charge on any atom is -0.488 e. The first-order valence-electron chi connectivity index (χ1n) is 6.83. The summed E-state index contributed by atoms with van der Waals surface area (Å²) in [5.74, 6) is 1.77. The van der Waals surface area contributed by atoms with Crippen molar-refractivity contribution in [2.75, 3.05) is 0 Å². The van der Waals surface area contributed by atoms with E-state index in [2.05, 4.69) is 45.0 Å². The van der Waals surface area contributed by atoms with Gasteiger partial charge >= 0.3 is 0 Å². The maximum Gasteiger partial charge on any atom is 0.120 e. The summed E-state index contributed by atoms with van der Waals surface area (Å²) in [5, 5.41) is 0. The third-order valence-corrected chi connectivity index (χ3v) is 3.38. The molecule has 1 aromatic rings. The molecule has 0 N–H and O–H groups in total. The highest BCUT2D eigenvalue weighted by atomic mass is 16.5. The Labute approximate surface area is 105 Å². The maximum atomic E-state index is 5.84. The molecule has 1 saturated carbocycles. The lowest BCUT2D eigenvalue weighted by Gasteiger charge is -2.24. The highest BCUT2D eigenvalue weighted by molar-refractivity contribution is 5.30. The van der Waals surface area contributed by atoms with Gasteiger partial charge in [0.2, 0.25) is 0 Å². The van der Waals surface area contributed by atoms with Gasteiger partial charge in [0.25, 0.3) is 0 Å². The van der Waals surface area contributed by atoms with E-state index in [1.54, 1.807) is 0 Å². The van der Waals surface area contributed by atoms with Gasteiger partial charge in [0, 0.05) is 0 Å².